The largest absolute Gasteiger partial charge is 0.508 e. The van der Waals surface area contributed by atoms with E-state index in [0.29, 0.717) is 23.9 Å². The van der Waals surface area contributed by atoms with Gasteiger partial charge in [-0.1, -0.05) is 24.3 Å². The molecule has 0 spiro atoms. The van der Waals surface area contributed by atoms with Gasteiger partial charge in [0.25, 0.3) is 0 Å². The Kier molecular flexibility index (Phi) is 4.32. The zero-order chi connectivity index (χ0) is 17.2. The zero-order valence-electron chi connectivity index (χ0n) is 14.1. The minimum absolute atomic E-state index is 0.280. The number of likely N-dealkylation sites (tertiary alicyclic amines) is 1. The average Bonchev–Trinajstić information content (AvgIpc) is 3.20. The number of fused-ring (bicyclic) bond motifs is 1. The van der Waals surface area contributed by atoms with E-state index >= 15 is 0 Å². The first-order valence-corrected chi connectivity index (χ1v) is 8.84. The van der Waals surface area contributed by atoms with E-state index in [4.69, 9.17) is 4.42 Å². The van der Waals surface area contributed by atoms with Gasteiger partial charge in [0, 0.05) is 19.1 Å². The van der Waals surface area contributed by atoms with Gasteiger partial charge >= 0.3 is 5.76 Å². The summed E-state index contributed by atoms with van der Waals surface area (Å²) in [7, 11) is 0. The van der Waals surface area contributed by atoms with Crippen LogP contribution in [0.25, 0.3) is 11.1 Å². The number of aromatic hydroxyl groups is 1. The maximum Gasteiger partial charge on any atom is 0.419 e. The molecule has 2 aromatic carbocycles. The van der Waals surface area contributed by atoms with Crippen molar-refractivity contribution in [3.05, 3.63) is 64.6 Å². The van der Waals surface area contributed by atoms with E-state index in [-0.39, 0.29) is 5.76 Å². The van der Waals surface area contributed by atoms with Crippen molar-refractivity contribution in [1.29, 1.82) is 0 Å². The maximum absolute atomic E-state index is 12.0. The molecule has 1 fully saturated rings. The normalized spacial score (nSPS) is 18.2. The number of hydrogen-bond donors (Lipinski definition) is 1. The van der Waals surface area contributed by atoms with Gasteiger partial charge in [-0.2, -0.15) is 0 Å². The molecule has 0 saturated carbocycles. The maximum atomic E-state index is 12.0. The zero-order valence-corrected chi connectivity index (χ0v) is 14.1. The van der Waals surface area contributed by atoms with Crippen molar-refractivity contribution >= 4 is 11.1 Å². The minimum Gasteiger partial charge on any atom is -0.508 e. The summed E-state index contributed by atoms with van der Waals surface area (Å²) >= 11 is 0. The van der Waals surface area contributed by atoms with Crippen molar-refractivity contribution in [1.82, 2.24) is 9.47 Å². The molecular formula is C20H22N2O3. The predicted molar refractivity (Wildman–Crippen MR) is 96.7 cm³/mol. The predicted octanol–water partition coefficient (Wildman–Crippen LogP) is 3.53. The number of hydrogen-bond acceptors (Lipinski definition) is 4. The van der Waals surface area contributed by atoms with Crippen LogP contribution in [0.1, 0.15) is 30.9 Å². The molecule has 0 radical (unpaired) electrons. The molecule has 1 saturated heterocycles. The van der Waals surface area contributed by atoms with Crippen LogP contribution in [-0.4, -0.2) is 27.7 Å². The molecule has 1 N–H and O–H groups in total. The lowest BCUT2D eigenvalue weighted by Gasteiger charge is -2.24. The Morgan fingerprint density at radius 3 is 2.72 bits per heavy atom. The summed E-state index contributed by atoms with van der Waals surface area (Å²) in [6, 6.07) is 15.5. The summed E-state index contributed by atoms with van der Waals surface area (Å²) in [5, 5.41) is 9.47. The number of phenolic OH excluding ortho intramolecular Hbond substituents is 1. The molecule has 1 aromatic heterocycles. The van der Waals surface area contributed by atoms with Crippen molar-refractivity contribution < 1.29 is 9.52 Å². The standard InChI is InChI=1S/C20H22N2O3/c23-16-10-8-15(9-11-16)17-6-3-12-21(17)13-4-14-22-18-5-1-2-7-19(18)25-20(22)24/h1-2,5,7-11,17,23H,3-4,6,12-14H2. The van der Waals surface area contributed by atoms with Gasteiger partial charge in [0.15, 0.2) is 5.58 Å². The van der Waals surface area contributed by atoms with E-state index < -0.39 is 0 Å². The lowest BCUT2D eigenvalue weighted by Crippen LogP contribution is -2.26. The summed E-state index contributed by atoms with van der Waals surface area (Å²) < 4.78 is 7.02. The van der Waals surface area contributed by atoms with Crippen LogP contribution in [0.5, 0.6) is 5.75 Å². The first-order valence-electron chi connectivity index (χ1n) is 8.84. The topological polar surface area (TPSA) is 58.6 Å². The molecular weight excluding hydrogens is 316 g/mol. The summed E-state index contributed by atoms with van der Waals surface area (Å²) in [5.41, 5.74) is 2.76. The highest BCUT2D eigenvalue weighted by Gasteiger charge is 2.25. The van der Waals surface area contributed by atoms with Crippen molar-refractivity contribution in [2.75, 3.05) is 13.1 Å². The van der Waals surface area contributed by atoms with E-state index in [1.165, 1.54) is 12.0 Å². The summed E-state index contributed by atoms with van der Waals surface area (Å²) in [6.45, 7) is 2.68. The second-order valence-corrected chi connectivity index (χ2v) is 6.63. The van der Waals surface area contributed by atoms with Gasteiger partial charge in [-0.05, 0) is 55.6 Å². The molecule has 5 nitrogen and oxygen atoms in total. The van der Waals surface area contributed by atoms with E-state index in [1.54, 1.807) is 16.7 Å². The third-order valence-corrected chi connectivity index (χ3v) is 5.04. The third-order valence-electron chi connectivity index (χ3n) is 5.04. The number of aromatic nitrogens is 1. The van der Waals surface area contributed by atoms with E-state index in [0.717, 1.165) is 31.4 Å². The molecule has 4 rings (SSSR count). The van der Waals surface area contributed by atoms with Gasteiger partial charge in [-0.25, -0.2) is 4.79 Å². The molecule has 1 atom stereocenters. The van der Waals surface area contributed by atoms with Crippen LogP contribution in [0.4, 0.5) is 0 Å². The van der Waals surface area contributed by atoms with Crippen molar-refractivity contribution in [2.24, 2.45) is 0 Å². The SMILES string of the molecule is O=c1oc2ccccc2n1CCCN1CCCC1c1ccc(O)cc1. The number of nitrogens with zero attached hydrogens (tertiary/aromatic N) is 2. The average molecular weight is 338 g/mol. The lowest BCUT2D eigenvalue weighted by molar-refractivity contribution is 0.248. The molecule has 1 aliphatic rings. The Morgan fingerprint density at radius 2 is 1.88 bits per heavy atom. The highest BCUT2D eigenvalue weighted by Crippen LogP contribution is 2.32. The fraction of sp³-hybridized carbons (Fsp3) is 0.350. The van der Waals surface area contributed by atoms with Crippen LogP contribution < -0.4 is 5.76 Å². The number of aryl methyl sites for hydroxylation is 1. The quantitative estimate of drug-likeness (QED) is 0.773. The first-order chi connectivity index (χ1) is 12.2. The fourth-order valence-corrected chi connectivity index (χ4v) is 3.83. The molecule has 0 aliphatic carbocycles. The summed E-state index contributed by atoms with van der Waals surface area (Å²) in [5.74, 6) is 0.0252. The van der Waals surface area contributed by atoms with Crippen molar-refractivity contribution in [3.63, 3.8) is 0 Å². The van der Waals surface area contributed by atoms with Gasteiger partial charge in [-0.3, -0.25) is 9.47 Å². The molecule has 3 aromatic rings. The van der Waals surface area contributed by atoms with Gasteiger partial charge < -0.3 is 9.52 Å². The molecule has 2 heterocycles. The Bertz CT molecular complexity index is 911. The van der Waals surface area contributed by atoms with E-state index in [9.17, 15) is 9.90 Å². The molecule has 0 bridgehead atoms. The summed E-state index contributed by atoms with van der Waals surface area (Å²) in [6.07, 6.45) is 3.22. The monoisotopic (exact) mass is 338 g/mol. The molecule has 25 heavy (non-hydrogen) atoms. The van der Waals surface area contributed by atoms with Crippen molar-refractivity contribution in [2.45, 2.75) is 31.8 Å². The Labute approximate surface area is 146 Å². The van der Waals surface area contributed by atoms with Gasteiger partial charge in [0.1, 0.15) is 5.75 Å². The van der Waals surface area contributed by atoms with Crippen LogP contribution in [0, 0.1) is 0 Å². The number of oxazole rings is 1. The fourth-order valence-electron chi connectivity index (χ4n) is 3.83. The smallest absolute Gasteiger partial charge is 0.419 e. The Balaban J connectivity index is 1.43. The second kappa shape index (κ2) is 6.76. The first kappa shape index (κ1) is 16.0. The van der Waals surface area contributed by atoms with E-state index in [1.807, 2.05) is 36.4 Å². The molecule has 1 unspecified atom stereocenters. The van der Waals surface area contributed by atoms with Gasteiger partial charge in [0.2, 0.25) is 0 Å². The number of phenols is 1. The second-order valence-electron chi connectivity index (χ2n) is 6.63. The Morgan fingerprint density at radius 1 is 1.08 bits per heavy atom. The minimum atomic E-state index is -0.280. The Hall–Kier alpha value is -2.53. The van der Waals surface area contributed by atoms with Crippen LogP contribution in [0.3, 0.4) is 0 Å². The summed E-state index contributed by atoms with van der Waals surface area (Å²) in [4.78, 5) is 14.5. The number of para-hydroxylation sites is 2. The molecule has 1 aliphatic heterocycles. The number of rotatable bonds is 5. The van der Waals surface area contributed by atoms with Crippen molar-refractivity contribution in [3.8, 4) is 5.75 Å². The van der Waals surface area contributed by atoms with Crippen LogP contribution in [0.2, 0.25) is 0 Å². The third kappa shape index (κ3) is 3.20. The molecule has 130 valence electrons. The molecule has 0 amide bonds. The van der Waals surface area contributed by atoms with Crippen LogP contribution >= 0.6 is 0 Å². The number of benzene rings is 2. The van der Waals surface area contributed by atoms with Gasteiger partial charge in [0.05, 0.1) is 5.52 Å². The van der Waals surface area contributed by atoms with E-state index in [2.05, 4.69) is 4.90 Å². The van der Waals surface area contributed by atoms with Gasteiger partial charge in [-0.15, -0.1) is 0 Å². The lowest BCUT2D eigenvalue weighted by atomic mass is 10.0. The highest BCUT2D eigenvalue weighted by atomic mass is 16.4. The highest BCUT2D eigenvalue weighted by molar-refractivity contribution is 5.72. The molecule has 5 heteroatoms. The van der Waals surface area contributed by atoms with Crippen LogP contribution in [0.15, 0.2) is 57.7 Å². The van der Waals surface area contributed by atoms with Crippen LogP contribution in [-0.2, 0) is 6.54 Å².